The van der Waals surface area contributed by atoms with E-state index < -0.39 is 119 Å². The Balaban J connectivity index is 1.16. The Morgan fingerprint density at radius 3 is 0.932 bits per heavy atom. The first-order valence-corrected chi connectivity index (χ1v) is 29.9. The second-order valence-electron chi connectivity index (χ2n) is 22.1. The van der Waals surface area contributed by atoms with Crippen molar-refractivity contribution in [2.24, 2.45) is 47.3 Å². The zero-order valence-electron chi connectivity index (χ0n) is 50.4. The molecule has 0 unspecified atom stereocenters. The first kappa shape index (κ1) is 70.3. The van der Waals surface area contributed by atoms with E-state index in [-0.39, 0.29) is 113 Å². The first-order valence-electron chi connectivity index (χ1n) is 29.9. The number of carbonyl (C=O) groups is 12. The molecule has 5 rings (SSSR count). The summed E-state index contributed by atoms with van der Waals surface area (Å²) in [5, 5.41) is 0. The molecule has 3 aliphatic rings. The summed E-state index contributed by atoms with van der Waals surface area (Å²) in [5.74, 6) is -12.4. The van der Waals surface area contributed by atoms with Gasteiger partial charge in [0, 0.05) is 12.2 Å². The van der Waals surface area contributed by atoms with Gasteiger partial charge in [-0.3, -0.25) is 38.4 Å². The fourth-order valence-electron chi connectivity index (χ4n) is 9.61. The van der Waals surface area contributed by atoms with Crippen molar-refractivity contribution >= 4 is 71.6 Å². The number of carbonyl (C=O) groups excluding carboxylic acids is 12. The van der Waals surface area contributed by atoms with Gasteiger partial charge in [0.1, 0.15) is 60.6 Å². The number of hydrogen-bond donors (Lipinski definition) is 0. The average Bonchev–Trinajstić information content (AvgIpc) is 3.05. The number of rotatable bonds is 32. The topological polar surface area (TPSA) is 316 Å². The van der Waals surface area contributed by atoms with Gasteiger partial charge in [0.05, 0.1) is 73.8 Å². The summed E-state index contributed by atoms with van der Waals surface area (Å²) in [7, 11) is 0. The molecule has 0 amide bonds. The quantitative estimate of drug-likeness (QED) is 0.0219. The summed E-state index contributed by atoms with van der Waals surface area (Å²) < 4.78 is 64.5. The molecule has 480 valence electrons. The molecule has 0 N–H and O–H groups in total. The zero-order chi connectivity index (χ0) is 64.1. The fraction of sp³-hybridized carbons (Fsp3) is 0.562. The maximum atomic E-state index is 13.6. The van der Waals surface area contributed by atoms with Crippen molar-refractivity contribution in [3.8, 4) is 23.0 Å². The molecule has 24 heteroatoms. The van der Waals surface area contributed by atoms with E-state index in [1.165, 1.54) is 36.4 Å². The van der Waals surface area contributed by atoms with Crippen LogP contribution in [0, 0.1) is 47.3 Å². The van der Waals surface area contributed by atoms with E-state index in [0.717, 1.165) is 12.2 Å². The molecule has 3 fully saturated rings. The molecule has 0 saturated heterocycles. The second-order valence-corrected chi connectivity index (χ2v) is 22.1. The average molecular weight is 1230 g/mol. The lowest BCUT2D eigenvalue weighted by Gasteiger charge is -2.26. The van der Waals surface area contributed by atoms with Gasteiger partial charge in [-0.25, -0.2) is 19.2 Å². The van der Waals surface area contributed by atoms with Gasteiger partial charge in [-0.2, -0.15) is 0 Å². The summed E-state index contributed by atoms with van der Waals surface area (Å²) in [6.45, 7) is 12.6. The summed E-state index contributed by atoms with van der Waals surface area (Å²) in [6, 6.07) is 7.62. The summed E-state index contributed by atoms with van der Waals surface area (Å²) in [4.78, 5) is 153. The van der Waals surface area contributed by atoms with Gasteiger partial charge in [0.2, 0.25) is 0 Å². The molecular formula is C64H80O24. The Hall–Kier alpha value is -8.44. The summed E-state index contributed by atoms with van der Waals surface area (Å²) in [6.07, 6.45) is 7.47. The van der Waals surface area contributed by atoms with Gasteiger partial charge in [0.25, 0.3) is 0 Å². The van der Waals surface area contributed by atoms with Crippen molar-refractivity contribution in [1.82, 2.24) is 0 Å². The first-order chi connectivity index (χ1) is 42.2. The maximum absolute atomic E-state index is 13.6. The molecular weight excluding hydrogens is 1150 g/mol. The highest BCUT2D eigenvalue weighted by Crippen LogP contribution is 2.37. The van der Waals surface area contributed by atoms with E-state index >= 15 is 0 Å². The van der Waals surface area contributed by atoms with Crippen LogP contribution in [0.2, 0.25) is 0 Å². The number of esters is 12. The molecule has 0 aliphatic heterocycles. The smallest absolute Gasteiger partial charge is 0.342 e. The standard InChI is InChI=1S/C64H80O24/c1-7-53(65)77-29-9-11-31-79-57(69)41-13-17-45(18-14-41)61(73)87-51-27-25-47(37-49(51)63(75)83-35-33-81-55(67)39(3)4)85-59(71)43-21-23-44(24-22-43)60(72)86-48-26-28-52(50(38-48)64(76)84-36-34-82-56(68)40(5)6)88-62(74)46-19-15-42(16-20-46)58(70)80-32-12-10-30-78-54(66)8-2/h7-8,25-28,37-46H,1-2,9-24,29-36H2,3-6H3. The highest BCUT2D eigenvalue weighted by Gasteiger charge is 2.36. The molecule has 2 aromatic rings. The molecule has 0 atom stereocenters. The van der Waals surface area contributed by atoms with Gasteiger partial charge >= 0.3 is 71.6 Å². The molecule has 0 bridgehead atoms. The van der Waals surface area contributed by atoms with Crippen molar-refractivity contribution in [2.45, 2.75) is 130 Å². The van der Waals surface area contributed by atoms with Gasteiger partial charge in [-0.1, -0.05) is 40.9 Å². The monoisotopic (exact) mass is 1230 g/mol. The molecule has 0 radical (unpaired) electrons. The minimum Gasteiger partial charge on any atom is -0.465 e. The molecule has 24 nitrogen and oxygen atoms in total. The summed E-state index contributed by atoms with van der Waals surface area (Å²) >= 11 is 0. The normalized spacial score (nSPS) is 18.8. The van der Waals surface area contributed by atoms with E-state index in [1.807, 2.05) is 0 Å². The number of ether oxygens (including phenoxy) is 12. The molecule has 88 heavy (non-hydrogen) atoms. The van der Waals surface area contributed by atoms with Crippen LogP contribution in [-0.2, 0) is 85.8 Å². The van der Waals surface area contributed by atoms with Crippen LogP contribution in [-0.4, -0.2) is 124 Å². The number of unbranched alkanes of at least 4 members (excludes halogenated alkanes) is 2. The van der Waals surface area contributed by atoms with Crippen LogP contribution in [0.5, 0.6) is 23.0 Å². The molecule has 3 saturated carbocycles. The third kappa shape index (κ3) is 23.3. The van der Waals surface area contributed by atoms with Crippen molar-refractivity contribution in [3.63, 3.8) is 0 Å². The third-order valence-electron chi connectivity index (χ3n) is 14.8. The minimum absolute atomic E-state index is 0.0816. The predicted molar refractivity (Wildman–Crippen MR) is 307 cm³/mol. The van der Waals surface area contributed by atoms with E-state index in [4.69, 9.17) is 56.8 Å². The molecule has 0 heterocycles. The Bertz CT molecular complexity index is 2600. The van der Waals surface area contributed by atoms with E-state index in [0.29, 0.717) is 77.0 Å². The van der Waals surface area contributed by atoms with E-state index in [9.17, 15) is 57.5 Å². The lowest BCUT2D eigenvalue weighted by atomic mass is 9.82. The maximum Gasteiger partial charge on any atom is 0.342 e. The SMILES string of the molecule is C=CC(=O)OCCCCOC(=O)C1CCC(C(=O)Oc2ccc(OC(=O)C3CCC(C(=O)Oc4ccc(OC(=O)C5CCC(C(=O)OCCCCOC(=O)C=C)CC5)c(C(=O)OCCOC(=O)C(C)C)c4)CC3)cc2C(=O)OCCOC(=O)C(C)C)CC1. The Morgan fingerprint density at radius 2 is 0.636 bits per heavy atom. The van der Waals surface area contributed by atoms with Crippen LogP contribution in [0.25, 0.3) is 0 Å². The summed E-state index contributed by atoms with van der Waals surface area (Å²) in [5.41, 5.74) is -0.524. The van der Waals surface area contributed by atoms with Crippen LogP contribution in [0.1, 0.15) is 151 Å². The van der Waals surface area contributed by atoms with Crippen LogP contribution < -0.4 is 18.9 Å². The minimum atomic E-state index is -0.970. The van der Waals surface area contributed by atoms with E-state index in [2.05, 4.69) is 13.2 Å². The van der Waals surface area contributed by atoms with Crippen molar-refractivity contribution in [1.29, 1.82) is 0 Å². The van der Waals surface area contributed by atoms with Gasteiger partial charge in [-0.05, 0) is 139 Å². The molecule has 3 aliphatic carbocycles. The molecule has 0 spiro atoms. The predicted octanol–water partition coefficient (Wildman–Crippen LogP) is 8.24. The second kappa shape index (κ2) is 36.6. The van der Waals surface area contributed by atoms with Crippen molar-refractivity contribution in [3.05, 3.63) is 72.8 Å². The Morgan fingerprint density at radius 1 is 0.364 bits per heavy atom. The van der Waals surface area contributed by atoms with Crippen LogP contribution >= 0.6 is 0 Å². The largest absolute Gasteiger partial charge is 0.465 e. The highest BCUT2D eigenvalue weighted by atomic mass is 16.6. The number of benzene rings is 2. The lowest BCUT2D eigenvalue weighted by molar-refractivity contribution is -0.152. The third-order valence-corrected chi connectivity index (χ3v) is 14.8. The highest BCUT2D eigenvalue weighted by molar-refractivity contribution is 5.95. The Labute approximate surface area is 510 Å². The zero-order valence-corrected chi connectivity index (χ0v) is 50.4. The van der Waals surface area contributed by atoms with Crippen molar-refractivity contribution in [2.75, 3.05) is 52.9 Å². The fourth-order valence-corrected chi connectivity index (χ4v) is 9.61. The van der Waals surface area contributed by atoms with Crippen LogP contribution in [0.3, 0.4) is 0 Å². The van der Waals surface area contributed by atoms with Gasteiger partial charge in [0.15, 0.2) is 0 Å². The number of hydrogen-bond acceptors (Lipinski definition) is 24. The molecule has 0 aromatic heterocycles. The van der Waals surface area contributed by atoms with Gasteiger partial charge in [-0.15, -0.1) is 0 Å². The van der Waals surface area contributed by atoms with Crippen molar-refractivity contribution < 1.29 is 114 Å². The lowest BCUT2D eigenvalue weighted by Crippen LogP contribution is -2.30. The van der Waals surface area contributed by atoms with Crippen LogP contribution in [0.4, 0.5) is 0 Å². The molecule has 2 aromatic carbocycles. The van der Waals surface area contributed by atoms with E-state index in [1.54, 1.807) is 27.7 Å². The van der Waals surface area contributed by atoms with Gasteiger partial charge < -0.3 is 56.8 Å². The van der Waals surface area contributed by atoms with Crippen LogP contribution in [0.15, 0.2) is 61.7 Å². The Kier molecular flexibility index (Phi) is 29.3.